The molecule has 3 heteroatoms. The third kappa shape index (κ3) is 3.44. The topological polar surface area (TPSA) is 55.1 Å². The lowest BCUT2D eigenvalue weighted by Crippen LogP contribution is -2.39. The van der Waals surface area contributed by atoms with Crippen molar-refractivity contribution in [1.82, 2.24) is 5.32 Å². The summed E-state index contributed by atoms with van der Waals surface area (Å²) in [5.41, 5.74) is 6.93. The molecule has 0 heterocycles. The smallest absolute Gasteiger partial charge is 0.227 e. The van der Waals surface area contributed by atoms with Crippen molar-refractivity contribution in [3.63, 3.8) is 0 Å². The van der Waals surface area contributed by atoms with Gasteiger partial charge in [0.25, 0.3) is 0 Å². The molecular weight excluding hydrogens is 236 g/mol. The average molecular weight is 258 g/mol. The molecule has 1 aliphatic rings. The van der Waals surface area contributed by atoms with E-state index in [0.29, 0.717) is 6.54 Å². The second-order valence-electron chi connectivity index (χ2n) is 5.86. The van der Waals surface area contributed by atoms with Crippen LogP contribution in [0.25, 0.3) is 0 Å². The quantitative estimate of drug-likeness (QED) is 0.811. The zero-order valence-corrected chi connectivity index (χ0v) is 11.6. The molecule has 1 aromatic rings. The fourth-order valence-electron chi connectivity index (χ4n) is 2.35. The van der Waals surface area contributed by atoms with Crippen molar-refractivity contribution < 1.29 is 4.79 Å². The standard InChI is InChI=1S/C16H22N2O/c1-16(2,13-6-4-3-5-7-13)11-18-15(19)12-8-9-14(17)10-12/h3-9,12,14H,10-11,17H2,1-2H3,(H,18,19). The lowest BCUT2D eigenvalue weighted by molar-refractivity contribution is -0.123. The van der Waals surface area contributed by atoms with Gasteiger partial charge in [-0.3, -0.25) is 4.79 Å². The Morgan fingerprint density at radius 1 is 1.32 bits per heavy atom. The minimum Gasteiger partial charge on any atom is -0.355 e. The molecule has 0 radical (unpaired) electrons. The normalized spacial score (nSPS) is 22.5. The average Bonchev–Trinajstić information content (AvgIpc) is 2.84. The van der Waals surface area contributed by atoms with Gasteiger partial charge in [0.05, 0.1) is 5.92 Å². The van der Waals surface area contributed by atoms with E-state index in [1.807, 2.05) is 30.4 Å². The highest BCUT2D eigenvalue weighted by Gasteiger charge is 2.26. The number of amides is 1. The number of nitrogens with one attached hydrogen (secondary N) is 1. The van der Waals surface area contributed by atoms with Gasteiger partial charge in [0, 0.05) is 18.0 Å². The van der Waals surface area contributed by atoms with E-state index in [2.05, 4.69) is 31.3 Å². The molecule has 2 unspecified atom stereocenters. The van der Waals surface area contributed by atoms with Crippen LogP contribution in [0.15, 0.2) is 42.5 Å². The highest BCUT2D eigenvalue weighted by atomic mass is 16.1. The van der Waals surface area contributed by atoms with Crippen LogP contribution in [0, 0.1) is 5.92 Å². The predicted octanol–water partition coefficient (Wildman–Crippen LogP) is 1.98. The van der Waals surface area contributed by atoms with E-state index in [4.69, 9.17) is 5.73 Å². The summed E-state index contributed by atoms with van der Waals surface area (Å²) in [5.74, 6) is 0.00906. The maximum Gasteiger partial charge on any atom is 0.227 e. The van der Waals surface area contributed by atoms with Crippen molar-refractivity contribution in [2.75, 3.05) is 6.54 Å². The van der Waals surface area contributed by atoms with Crippen LogP contribution in [-0.4, -0.2) is 18.5 Å². The van der Waals surface area contributed by atoms with Crippen molar-refractivity contribution in [1.29, 1.82) is 0 Å². The van der Waals surface area contributed by atoms with Crippen LogP contribution < -0.4 is 11.1 Å². The van der Waals surface area contributed by atoms with Crippen molar-refractivity contribution in [3.8, 4) is 0 Å². The molecule has 3 nitrogen and oxygen atoms in total. The van der Waals surface area contributed by atoms with Crippen molar-refractivity contribution in [2.45, 2.75) is 31.7 Å². The monoisotopic (exact) mass is 258 g/mol. The van der Waals surface area contributed by atoms with Gasteiger partial charge < -0.3 is 11.1 Å². The predicted molar refractivity (Wildman–Crippen MR) is 77.7 cm³/mol. The van der Waals surface area contributed by atoms with Gasteiger partial charge in [-0.15, -0.1) is 0 Å². The van der Waals surface area contributed by atoms with E-state index >= 15 is 0 Å². The maximum atomic E-state index is 12.1. The first-order valence-electron chi connectivity index (χ1n) is 6.76. The summed E-state index contributed by atoms with van der Waals surface area (Å²) in [4.78, 5) is 12.1. The number of carbonyl (C=O) groups is 1. The van der Waals surface area contributed by atoms with Crippen LogP contribution in [0.4, 0.5) is 0 Å². The molecule has 2 atom stereocenters. The highest BCUT2D eigenvalue weighted by Crippen LogP contribution is 2.22. The maximum absolute atomic E-state index is 12.1. The molecule has 2 rings (SSSR count). The second-order valence-corrected chi connectivity index (χ2v) is 5.86. The molecule has 0 bridgehead atoms. The van der Waals surface area contributed by atoms with E-state index in [9.17, 15) is 4.79 Å². The van der Waals surface area contributed by atoms with Crippen LogP contribution in [0.5, 0.6) is 0 Å². The Balaban J connectivity index is 1.91. The third-order valence-corrected chi connectivity index (χ3v) is 3.71. The summed E-state index contributed by atoms with van der Waals surface area (Å²) in [7, 11) is 0. The third-order valence-electron chi connectivity index (χ3n) is 3.71. The number of hydrogen-bond donors (Lipinski definition) is 2. The van der Waals surface area contributed by atoms with Gasteiger partial charge in [0.1, 0.15) is 0 Å². The number of hydrogen-bond acceptors (Lipinski definition) is 2. The minimum atomic E-state index is -0.0681. The molecule has 0 aromatic heterocycles. The van der Waals surface area contributed by atoms with Gasteiger partial charge in [0.2, 0.25) is 5.91 Å². The Bertz CT molecular complexity index is 465. The summed E-state index contributed by atoms with van der Waals surface area (Å²) >= 11 is 0. The zero-order chi connectivity index (χ0) is 13.9. The number of benzene rings is 1. The molecule has 19 heavy (non-hydrogen) atoms. The summed E-state index contributed by atoms with van der Waals surface area (Å²) in [6.07, 6.45) is 4.54. The van der Waals surface area contributed by atoms with Crippen LogP contribution in [-0.2, 0) is 10.2 Å². The van der Waals surface area contributed by atoms with E-state index < -0.39 is 0 Å². The van der Waals surface area contributed by atoms with Gasteiger partial charge in [-0.1, -0.05) is 56.3 Å². The summed E-state index contributed by atoms with van der Waals surface area (Å²) in [6, 6.07) is 10.3. The SMILES string of the molecule is CC(C)(CNC(=O)C1C=CC(N)C1)c1ccccc1. The largest absolute Gasteiger partial charge is 0.355 e. The van der Waals surface area contributed by atoms with E-state index in [1.165, 1.54) is 5.56 Å². The Hall–Kier alpha value is -1.61. The number of carbonyl (C=O) groups excluding carboxylic acids is 1. The van der Waals surface area contributed by atoms with Gasteiger partial charge in [-0.2, -0.15) is 0 Å². The highest BCUT2D eigenvalue weighted by molar-refractivity contribution is 5.81. The second kappa shape index (κ2) is 5.57. The van der Waals surface area contributed by atoms with Gasteiger partial charge >= 0.3 is 0 Å². The van der Waals surface area contributed by atoms with E-state index in [0.717, 1.165) is 6.42 Å². The van der Waals surface area contributed by atoms with Crippen molar-refractivity contribution in [3.05, 3.63) is 48.0 Å². The molecule has 3 N–H and O–H groups in total. The number of nitrogens with two attached hydrogens (primary N) is 1. The van der Waals surface area contributed by atoms with Crippen LogP contribution in [0.2, 0.25) is 0 Å². The number of rotatable bonds is 4. The van der Waals surface area contributed by atoms with Crippen LogP contribution >= 0.6 is 0 Å². The molecule has 0 fully saturated rings. The molecule has 102 valence electrons. The minimum absolute atomic E-state index is 0.0258. The van der Waals surface area contributed by atoms with Crippen LogP contribution in [0.1, 0.15) is 25.8 Å². The summed E-state index contributed by atoms with van der Waals surface area (Å²) < 4.78 is 0. The van der Waals surface area contributed by atoms with Crippen molar-refractivity contribution >= 4 is 5.91 Å². The lowest BCUT2D eigenvalue weighted by atomic mass is 9.84. The summed E-state index contributed by atoms with van der Waals surface area (Å²) in [6.45, 7) is 4.91. The van der Waals surface area contributed by atoms with Gasteiger partial charge in [-0.05, 0) is 12.0 Å². The van der Waals surface area contributed by atoms with E-state index in [-0.39, 0.29) is 23.3 Å². The van der Waals surface area contributed by atoms with Gasteiger partial charge in [-0.25, -0.2) is 0 Å². The zero-order valence-electron chi connectivity index (χ0n) is 11.6. The first kappa shape index (κ1) is 13.8. The Kier molecular flexibility index (Phi) is 4.05. The Morgan fingerprint density at radius 3 is 2.58 bits per heavy atom. The van der Waals surface area contributed by atoms with Crippen molar-refractivity contribution in [2.24, 2.45) is 11.7 Å². The molecule has 0 saturated heterocycles. The fourth-order valence-corrected chi connectivity index (χ4v) is 2.35. The Labute approximate surface area is 114 Å². The lowest BCUT2D eigenvalue weighted by Gasteiger charge is -2.26. The van der Waals surface area contributed by atoms with Crippen LogP contribution in [0.3, 0.4) is 0 Å². The molecule has 1 amide bonds. The molecule has 0 aliphatic heterocycles. The van der Waals surface area contributed by atoms with E-state index in [1.54, 1.807) is 0 Å². The first-order valence-corrected chi connectivity index (χ1v) is 6.76. The summed E-state index contributed by atoms with van der Waals surface area (Å²) in [5, 5.41) is 3.04. The fraction of sp³-hybridized carbons (Fsp3) is 0.438. The molecular formula is C16H22N2O. The Morgan fingerprint density at radius 2 is 2.00 bits per heavy atom. The molecule has 0 saturated carbocycles. The first-order chi connectivity index (χ1) is 8.99. The molecule has 1 aliphatic carbocycles. The van der Waals surface area contributed by atoms with Gasteiger partial charge in [0.15, 0.2) is 0 Å². The molecule has 0 spiro atoms. The molecule has 1 aromatic carbocycles.